The van der Waals surface area contributed by atoms with E-state index in [2.05, 4.69) is 15.4 Å². The summed E-state index contributed by atoms with van der Waals surface area (Å²) in [6.45, 7) is 7.17. The molecule has 21 heavy (non-hydrogen) atoms. The van der Waals surface area contributed by atoms with E-state index in [1.54, 1.807) is 0 Å². The lowest BCUT2D eigenvalue weighted by molar-refractivity contribution is 0.597. The molecule has 3 N–H and O–H groups in total. The minimum absolute atomic E-state index is 0.0109. The van der Waals surface area contributed by atoms with Crippen LogP contribution in [0.25, 0.3) is 0 Å². The van der Waals surface area contributed by atoms with E-state index >= 15 is 0 Å². The van der Waals surface area contributed by atoms with Gasteiger partial charge in [0.1, 0.15) is 10.7 Å². The van der Waals surface area contributed by atoms with Crippen molar-refractivity contribution in [2.24, 2.45) is 5.14 Å². The highest BCUT2D eigenvalue weighted by Crippen LogP contribution is 2.19. The number of aryl methyl sites for hydroxylation is 2. The Balaban J connectivity index is 2.28. The van der Waals surface area contributed by atoms with E-state index in [0.717, 1.165) is 23.5 Å². The Kier molecular flexibility index (Phi) is 4.29. The highest BCUT2D eigenvalue weighted by molar-refractivity contribution is 7.89. The number of nitrogens with one attached hydrogen (secondary N) is 1. The van der Waals surface area contributed by atoms with E-state index in [4.69, 9.17) is 5.14 Å². The number of primary sulfonamides is 1. The van der Waals surface area contributed by atoms with Crippen LogP contribution in [0.15, 0.2) is 23.2 Å². The van der Waals surface area contributed by atoms with Crippen molar-refractivity contribution < 1.29 is 8.42 Å². The van der Waals surface area contributed by atoms with Gasteiger partial charge in [0.15, 0.2) is 0 Å². The third kappa shape index (κ3) is 3.22. The van der Waals surface area contributed by atoms with Crippen LogP contribution in [-0.2, 0) is 23.1 Å². The summed E-state index contributed by atoms with van der Waals surface area (Å²) in [6, 6.07) is 2.97. The summed E-state index contributed by atoms with van der Waals surface area (Å²) in [4.78, 5) is 4.04. The molecule has 0 fully saturated rings. The molecule has 7 nitrogen and oxygen atoms in total. The Morgan fingerprint density at radius 3 is 2.67 bits per heavy atom. The third-order valence-electron chi connectivity index (χ3n) is 3.34. The van der Waals surface area contributed by atoms with Crippen molar-refractivity contribution in [3.05, 3.63) is 35.3 Å². The molecule has 0 aromatic carbocycles. The second kappa shape index (κ2) is 5.82. The average Bonchev–Trinajstić information content (AvgIpc) is 2.70. The van der Waals surface area contributed by atoms with Gasteiger partial charge in [-0.3, -0.25) is 4.68 Å². The second-order valence-electron chi connectivity index (χ2n) is 4.71. The molecule has 2 heterocycles. The van der Waals surface area contributed by atoms with E-state index in [9.17, 15) is 8.42 Å². The summed E-state index contributed by atoms with van der Waals surface area (Å²) in [6.07, 6.45) is 1.52. The fourth-order valence-corrected chi connectivity index (χ4v) is 2.89. The first-order valence-electron chi connectivity index (χ1n) is 6.59. The van der Waals surface area contributed by atoms with Gasteiger partial charge in [-0.1, -0.05) is 0 Å². The van der Waals surface area contributed by atoms with Gasteiger partial charge < -0.3 is 5.32 Å². The fourth-order valence-electron chi connectivity index (χ4n) is 2.22. The molecule has 0 radical (unpaired) electrons. The quantitative estimate of drug-likeness (QED) is 0.863. The minimum Gasteiger partial charge on any atom is -0.365 e. The monoisotopic (exact) mass is 309 g/mol. The number of hydrogen-bond donors (Lipinski definition) is 2. The maximum Gasteiger partial charge on any atom is 0.241 e. The number of rotatable bonds is 5. The molecule has 0 aliphatic heterocycles. The third-order valence-corrected chi connectivity index (χ3v) is 4.28. The van der Waals surface area contributed by atoms with Crippen molar-refractivity contribution >= 4 is 15.8 Å². The molecule has 0 aliphatic rings. The van der Waals surface area contributed by atoms with E-state index in [0.29, 0.717) is 6.54 Å². The molecule has 0 bridgehead atoms. The number of nitrogens with two attached hydrogens (primary N) is 1. The average molecular weight is 309 g/mol. The normalized spacial score (nSPS) is 11.6. The SMILES string of the molecule is CCn1nc(C)c(CNc2ncccc2S(N)(=O)=O)c1C. The van der Waals surface area contributed by atoms with Crippen molar-refractivity contribution in [2.45, 2.75) is 38.8 Å². The topological polar surface area (TPSA) is 103 Å². The lowest BCUT2D eigenvalue weighted by Crippen LogP contribution is -2.16. The molecule has 2 aromatic rings. The van der Waals surface area contributed by atoms with E-state index in [1.807, 2.05) is 25.5 Å². The molecule has 0 aliphatic carbocycles. The van der Waals surface area contributed by atoms with Crippen molar-refractivity contribution in [1.82, 2.24) is 14.8 Å². The zero-order chi connectivity index (χ0) is 15.6. The van der Waals surface area contributed by atoms with Crippen molar-refractivity contribution in [1.29, 1.82) is 0 Å². The summed E-state index contributed by atoms with van der Waals surface area (Å²) >= 11 is 0. The molecule has 2 rings (SSSR count). The Hall–Kier alpha value is -1.93. The Morgan fingerprint density at radius 1 is 1.38 bits per heavy atom. The van der Waals surface area contributed by atoms with Gasteiger partial charge in [0, 0.05) is 30.5 Å². The maximum absolute atomic E-state index is 11.5. The first-order valence-corrected chi connectivity index (χ1v) is 8.13. The first-order chi connectivity index (χ1) is 9.84. The van der Waals surface area contributed by atoms with Gasteiger partial charge in [0.05, 0.1) is 5.69 Å². The lowest BCUT2D eigenvalue weighted by atomic mass is 10.2. The molecule has 0 unspecified atom stereocenters. The molecule has 114 valence electrons. The van der Waals surface area contributed by atoms with Crippen LogP contribution in [0.1, 0.15) is 23.9 Å². The number of hydrogen-bond acceptors (Lipinski definition) is 5. The van der Waals surface area contributed by atoms with Gasteiger partial charge in [0.25, 0.3) is 0 Å². The number of pyridine rings is 1. The van der Waals surface area contributed by atoms with Gasteiger partial charge in [-0.2, -0.15) is 5.10 Å². The zero-order valence-corrected chi connectivity index (χ0v) is 13.1. The van der Waals surface area contributed by atoms with Crippen LogP contribution in [0.3, 0.4) is 0 Å². The highest BCUT2D eigenvalue weighted by Gasteiger charge is 2.16. The number of sulfonamides is 1. The number of nitrogens with zero attached hydrogens (tertiary/aromatic N) is 3. The molecular weight excluding hydrogens is 290 g/mol. The van der Waals surface area contributed by atoms with Crippen LogP contribution in [-0.4, -0.2) is 23.2 Å². The first kappa shape index (κ1) is 15.5. The number of aromatic nitrogens is 3. The summed E-state index contributed by atoms with van der Waals surface area (Å²) < 4.78 is 25.0. The predicted octanol–water partition coefficient (Wildman–Crippen LogP) is 1.17. The summed E-state index contributed by atoms with van der Waals surface area (Å²) in [5.41, 5.74) is 2.99. The van der Waals surface area contributed by atoms with Crippen LogP contribution in [0.2, 0.25) is 0 Å². The zero-order valence-electron chi connectivity index (χ0n) is 12.3. The fraction of sp³-hybridized carbons (Fsp3) is 0.385. The van der Waals surface area contributed by atoms with E-state index in [1.165, 1.54) is 18.3 Å². The largest absolute Gasteiger partial charge is 0.365 e. The van der Waals surface area contributed by atoms with Gasteiger partial charge >= 0.3 is 0 Å². The van der Waals surface area contributed by atoms with Crippen molar-refractivity contribution in [3.8, 4) is 0 Å². The molecule has 0 spiro atoms. The summed E-state index contributed by atoms with van der Waals surface area (Å²) in [7, 11) is -3.80. The maximum atomic E-state index is 11.5. The highest BCUT2D eigenvalue weighted by atomic mass is 32.2. The lowest BCUT2D eigenvalue weighted by Gasteiger charge is -2.09. The molecular formula is C13H19N5O2S. The smallest absolute Gasteiger partial charge is 0.241 e. The molecule has 0 saturated carbocycles. The van der Waals surface area contributed by atoms with Gasteiger partial charge in [-0.15, -0.1) is 0 Å². The van der Waals surface area contributed by atoms with Gasteiger partial charge in [-0.05, 0) is 32.9 Å². The van der Waals surface area contributed by atoms with Crippen molar-refractivity contribution in [2.75, 3.05) is 5.32 Å². The molecule has 0 atom stereocenters. The molecule has 2 aromatic heterocycles. The van der Waals surface area contributed by atoms with E-state index < -0.39 is 10.0 Å². The van der Waals surface area contributed by atoms with Crippen LogP contribution >= 0.6 is 0 Å². The van der Waals surface area contributed by atoms with Crippen LogP contribution in [0, 0.1) is 13.8 Å². The van der Waals surface area contributed by atoms with E-state index in [-0.39, 0.29) is 10.7 Å². The van der Waals surface area contributed by atoms with Crippen molar-refractivity contribution in [3.63, 3.8) is 0 Å². The summed E-state index contributed by atoms with van der Waals surface area (Å²) in [5.74, 6) is 0.253. The minimum atomic E-state index is -3.80. The molecule has 0 saturated heterocycles. The van der Waals surface area contributed by atoms with Crippen LogP contribution < -0.4 is 10.5 Å². The number of anilines is 1. The Morgan fingerprint density at radius 2 is 2.10 bits per heavy atom. The van der Waals surface area contributed by atoms with Gasteiger partial charge in [0.2, 0.25) is 10.0 Å². The Labute approximate surface area is 124 Å². The standard InChI is InChI=1S/C13H19N5O2S/c1-4-18-10(3)11(9(2)17-18)8-16-13-12(21(14,19)20)6-5-7-15-13/h5-7H,4,8H2,1-3H3,(H,15,16)(H2,14,19,20). The second-order valence-corrected chi connectivity index (χ2v) is 6.24. The van der Waals surface area contributed by atoms with Crippen LogP contribution in [0.5, 0.6) is 0 Å². The van der Waals surface area contributed by atoms with Gasteiger partial charge in [-0.25, -0.2) is 18.5 Å². The van der Waals surface area contributed by atoms with Crippen LogP contribution in [0.4, 0.5) is 5.82 Å². The molecule has 0 amide bonds. The summed E-state index contributed by atoms with van der Waals surface area (Å²) in [5, 5.41) is 12.6. The Bertz CT molecular complexity index is 752. The molecule has 8 heteroatoms. The predicted molar refractivity (Wildman–Crippen MR) is 80.3 cm³/mol.